The summed E-state index contributed by atoms with van der Waals surface area (Å²) < 4.78 is 5.65. The first kappa shape index (κ1) is 20.3. The van der Waals surface area contributed by atoms with E-state index in [2.05, 4.69) is 25.7 Å². The highest BCUT2D eigenvalue weighted by Crippen LogP contribution is 2.21. The molecule has 134 valence electrons. The molecule has 7 heteroatoms. The van der Waals surface area contributed by atoms with E-state index in [0.29, 0.717) is 23.0 Å². The predicted octanol–water partition coefficient (Wildman–Crippen LogP) is 2.74. The second kappa shape index (κ2) is 10.2. The highest BCUT2D eigenvalue weighted by atomic mass is 32.2. The van der Waals surface area contributed by atoms with Crippen molar-refractivity contribution in [2.75, 3.05) is 46.1 Å². The molecular formula is C16H31N3O3S. The zero-order chi connectivity index (χ0) is 17.4. The number of nitrogens with zero attached hydrogens (tertiary/aromatic N) is 3. The largest absolute Gasteiger partial charge is 0.378 e. The van der Waals surface area contributed by atoms with Gasteiger partial charge in [-0.05, 0) is 38.0 Å². The van der Waals surface area contributed by atoms with Gasteiger partial charge in [-0.25, -0.2) is 0 Å². The minimum Gasteiger partial charge on any atom is -0.378 e. The van der Waals surface area contributed by atoms with Crippen LogP contribution in [0.2, 0.25) is 0 Å². The molecule has 0 amide bonds. The summed E-state index contributed by atoms with van der Waals surface area (Å²) in [7, 11) is 1.92. The second-order valence-electron chi connectivity index (χ2n) is 6.54. The third-order valence-electron chi connectivity index (χ3n) is 4.20. The third kappa shape index (κ3) is 7.54. The van der Waals surface area contributed by atoms with Crippen molar-refractivity contribution in [3.05, 3.63) is 21.3 Å². The van der Waals surface area contributed by atoms with Crippen LogP contribution in [-0.4, -0.2) is 66.9 Å². The molecule has 6 nitrogen and oxygen atoms in total. The van der Waals surface area contributed by atoms with Crippen molar-refractivity contribution in [2.45, 2.75) is 33.3 Å². The molecule has 3 unspecified atom stereocenters. The van der Waals surface area contributed by atoms with E-state index < -0.39 is 0 Å². The van der Waals surface area contributed by atoms with Crippen LogP contribution >= 0.6 is 11.8 Å². The van der Waals surface area contributed by atoms with Crippen molar-refractivity contribution >= 4 is 11.8 Å². The van der Waals surface area contributed by atoms with E-state index in [1.54, 1.807) is 0 Å². The van der Waals surface area contributed by atoms with Crippen molar-refractivity contribution in [3.63, 3.8) is 0 Å². The Morgan fingerprint density at radius 3 is 2.70 bits per heavy atom. The van der Waals surface area contributed by atoms with Crippen LogP contribution in [0.5, 0.6) is 0 Å². The smallest absolute Gasteiger partial charge is 0.264 e. The first-order chi connectivity index (χ1) is 10.8. The van der Waals surface area contributed by atoms with Crippen LogP contribution in [0.1, 0.15) is 27.2 Å². The van der Waals surface area contributed by atoms with E-state index in [1.165, 1.54) is 11.8 Å². The molecule has 0 radical (unpaired) electrons. The number of thioether (sulfide) groups is 1. The van der Waals surface area contributed by atoms with Gasteiger partial charge in [0.05, 0.1) is 17.6 Å². The molecule has 23 heavy (non-hydrogen) atoms. The van der Waals surface area contributed by atoms with Crippen molar-refractivity contribution in [2.24, 2.45) is 11.8 Å². The molecule has 0 N–H and O–H groups in total. The summed E-state index contributed by atoms with van der Waals surface area (Å²) in [4.78, 5) is 14.7. The highest BCUT2D eigenvalue weighted by Gasteiger charge is 2.24. The number of ether oxygens (including phenoxy) is 1. The van der Waals surface area contributed by atoms with Crippen LogP contribution in [0.4, 0.5) is 0 Å². The van der Waals surface area contributed by atoms with Gasteiger partial charge in [-0.2, -0.15) is 0 Å². The van der Waals surface area contributed by atoms with E-state index >= 15 is 0 Å². The number of rotatable bonds is 10. The van der Waals surface area contributed by atoms with Gasteiger partial charge in [-0.3, -0.25) is 10.1 Å². The average Bonchev–Trinajstić information content (AvgIpc) is 2.88. The zero-order valence-electron chi connectivity index (χ0n) is 15.0. The van der Waals surface area contributed by atoms with E-state index in [-0.39, 0.29) is 4.92 Å². The van der Waals surface area contributed by atoms with Crippen LogP contribution in [0.15, 0.2) is 11.2 Å². The predicted molar refractivity (Wildman–Crippen MR) is 96.0 cm³/mol. The second-order valence-corrected chi connectivity index (χ2v) is 7.37. The quantitative estimate of drug-likeness (QED) is 0.448. The van der Waals surface area contributed by atoms with Gasteiger partial charge in [0.1, 0.15) is 5.03 Å². The molecule has 0 saturated carbocycles. The van der Waals surface area contributed by atoms with E-state index in [0.717, 1.165) is 45.4 Å². The fourth-order valence-corrected chi connectivity index (χ4v) is 3.76. The molecule has 1 heterocycles. The first-order valence-corrected chi connectivity index (χ1v) is 9.52. The van der Waals surface area contributed by atoms with Gasteiger partial charge in [0, 0.05) is 26.7 Å². The van der Waals surface area contributed by atoms with E-state index in [4.69, 9.17) is 4.74 Å². The summed E-state index contributed by atoms with van der Waals surface area (Å²) in [5.74, 6) is 1.08. The molecule has 1 saturated heterocycles. The average molecular weight is 346 g/mol. The summed E-state index contributed by atoms with van der Waals surface area (Å²) in [6.45, 7) is 11.3. The van der Waals surface area contributed by atoms with Crippen molar-refractivity contribution in [1.82, 2.24) is 9.80 Å². The molecule has 3 atom stereocenters. The molecule has 1 aliphatic rings. The Morgan fingerprint density at radius 1 is 1.52 bits per heavy atom. The van der Waals surface area contributed by atoms with Crippen molar-refractivity contribution in [1.29, 1.82) is 0 Å². The van der Waals surface area contributed by atoms with Crippen LogP contribution in [0.25, 0.3) is 0 Å². The molecule has 0 aliphatic carbocycles. The Hall–Kier alpha value is -0.790. The van der Waals surface area contributed by atoms with Gasteiger partial charge in [-0.15, -0.1) is 11.8 Å². The minimum atomic E-state index is -0.382. The molecule has 0 bridgehead atoms. The molecule has 1 aliphatic heterocycles. The normalized spacial score (nSPS) is 23.3. The van der Waals surface area contributed by atoms with Crippen LogP contribution in [0, 0.1) is 22.0 Å². The van der Waals surface area contributed by atoms with Gasteiger partial charge >= 0.3 is 0 Å². The first-order valence-electron chi connectivity index (χ1n) is 8.30. The minimum absolute atomic E-state index is 0.382. The fourth-order valence-electron chi connectivity index (χ4n) is 3.18. The number of nitro groups is 1. The van der Waals surface area contributed by atoms with Crippen LogP contribution in [-0.2, 0) is 4.74 Å². The highest BCUT2D eigenvalue weighted by molar-refractivity contribution is 8.02. The maximum atomic E-state index is 10.7. The topological polar surface area (TPSA) is 58.9 Å². The Morgan fingerprint density at radius 2 is 2.22 bits per heavy atom. The van der Waals surface area contributed by atoms with Gasteiger partial charge in [-0.1, -0.05) is 13.8 Å². The summed E-state index contributed by atoms with van der Waals surface area (Å²) in [5.41, 5.74) is 0. The van der Waals surface area contributed by atoms with Crippen molar-refractivity contribution < 1.29 is 9.66 Å². The molecule has 0 aromatic rings. The summed E-state index contributed by atoms with van der Waals surface area (Å²) in [6.07, 6.45) is 4.49. The maximum absolute atomic E-state index is 10.7. The summed E-state index contributed by atoms with van der Waals surface area (Å²) in [6, 6.07) is 0. The Balaban J connectivity index is 2.46. The maximum Gasteiger partial charge on any atom is 0.264 e. The fraction of sp³-hybridized carbons (Fsp3) is 0.875. The number of hydrogen-bond acceptors (Lipinski definition) is 6. The van der Waals surface area contributed by atoms with Crippen molar-refractivity contribution in [3.8, 4) is 0 Å². The molecule has 1 rings (SSSR count). The van der Waals surface area contributed by atoms with Gasteiger partial charge in [0.25, 0.3) is 6.20 Å². The lowest BCUT2D eigenvalue weighted by molar-refractivity contribution is -0.403. The van der Waals surface area contributed by atoms with Crippen LogP contribution in [0.3, 0.4) is 0 Å². The molecule has 0 aromatic carbocycles. The lowest BCUT2D eigenvalue weighted by Gasteiger charge is -2.29. The molecular weight excluding hydrogens is 314 g/mol. The Labute approximate surface area is 144 Å². The zero-order valence-corrected chi connectivity index (χ0v) is 15.8. The molecule has 0 aromatic heterocycles. The van der Waals surface area contributed by atoms with E-state index in [1.807, 2.05) is 18.2 Å². The van der Waals surface area contributed by atoms with Gasteiger partial charge in [0.2, 0.25) is 0 Å². The molecule has 0 spiro atoms. The van der Waals surface area contributed by atoms with Crippen LogP contribution < -0.4 is 0 Å². The molecule has 1 fully saturated rings. The summed E-state index contributed by atoms with van der Waals surface area (Å²) in [5, 5.41) is 11.4. The van der Waals surface area contributed by atoms with Gasteiger partial charge in [0.15, 0.2) is 0 Å². The lowest BCUT2D eigenvalue weighted by Crippen LogP contribution is -2.36. The van der Waals surface area contributed by atoms with E-state index in [9.17, 15) is 10.1 Å². The Bertz CT molecular complexity index is 406. The third-order valence-corrected chi connectivity index (χ3v) is 5.04. The monoisotopic (exact) mass is 345 g/mol. The Kier molecular flexibility index (Phi) is 8.94. The number of hydrogen-bond donors (Lipinski definition) is 0. The lowest BCUT2D eigenvalue weighted by atomic mass is 10.0. The van der Waals surface area contributed by atoms with Gasteiger partial charge < -0.3 is 14.5 Å². The SMILES string of the molecule is CCN(CC(C)CN(C)C(=C[N+](=O)[O-])SC)CC1COC(C)C1. The standard InChI is InChI=1S/C16H31N3O3S/c1-6-18(10-15-7-14(3)22-12-15)9-13(2)8-17(4)16(23-5)11-19(20)21/h11,13-15H,6-10,12H2,1-5H3. The summed E-state index contributed by atoms with van der Waals surface area (Å²) >= 11 is 1.41.